The molecule has 5 heteroatoms. The minimum absolute atomic E-state index is 0.102. The lowest BCUT2D eigenvalue weighted by atomic mass is 10.1. The Balaban J connectivity index is 2.57. The highest BCUT2D eigenvalue weighted by atomic mass is 79.9. The fraction of sp³-hybridized carbons (Fsp3) is 0.800. The van der Waals surface area contributed by atoms with Crippen LogP contribution in [0.25, 0.3) is 0 Å². The molecule has 0 spiro atoms. The maximum Gasteiger partial charge on any atom is 0.162 e. The second-order valence-corrected chi connectivity index (χ2v) is 4.42. The number of alkyl halides is 2. The SMILES string of the molecule is O=C1C(Br)CN(O)CC1Br. The van der Waals surface area contributed by atoms with E-state index in [1.807, 2.05) is 0 Å². The van der Waals surface area contributed by atoms with E-state index in [4.69, 9.17) is 5.21 Å². The number of nitrogens with zero attached hydrogens (tertiary/aromatic N) is 1. The Hall–Kier alpha value is 0.550. The van der Waals surface area contributed by atoms with Crippen LogP contribution in [0.1, 0.15) is 0 Å². The topological polar surface area (TPSA) is 40.5 Å². The van der Waals surface area contributed by atoms with Gasteiger partial charge in [0, 0.05) is 13.1 Å². The Morgan fingerprint density at radius 1 is 1.40 bits per heavy atom. The van der Waals surface area contributed by atoms with Crippen molar-refractivity contribution in [3.63, 3.8) is 0 Å². The van der Waals surface area contributed by atoms with Gasteiger partial charge < -0.3 is 5.21 Å². The van der Waals surface area contributed by atoms with Crippen molar-refractivity contribution in [2.45, 2.75) is 9.65 Å². The first kappa shape index (κ1) is 8.64. The summed E-state index contributed by atoms with van der Waals surface area (Å²) in [7, 11) is 0. The first-order valence-electron chi connectivity index (χ1n) is 2.87. The van der Waals surface area contributed by atoms with Gasteiger partial charge in [0.05, 0.1) is 9.65 Å². The van der Waals surface area contributed by atoms with Crippen LogP contribution in [-0.2, 0) is 4.79 Å². The van der Waals surface area contributed by atoms with E-state index in [-0.39, 0.29) is 15.4 Å². The smallest absolute Gasteiger partial charge is 0.162 e. The van der Waals surface area contributed by atoms with Crippen molar-refractivity contribution in [3.05, 3.63) is 0 Å². The lowest BCUT2D eigenvalue weighted by Crippen LogP contribution is -2.46. The van der Waals surface area contributed by atoms with Crippen LogP contribution < -0.4 is 0 Å². The molecule has 58 valence electrons. The van der Waals surface area contributed by atoms with Crippen LogP contribution in [0.5, 0.6) is 0 Å². The van der Waals surface area contributed by atoms with Gasteiger partial charge in [0.25, 0.3) is 0 Å². The number of Topliss-reactive ketones (excluding diaryl/α,β-unsaturated/α-hetero) is 1. The summed E-state index contributed by atoms with van der Waals surface area (Å²) < 4.78 is 0. The summed E-state index contributed by atoms with van der Waals surface area (Å²) in [4.78, 5) is 10.6. The number of carbonyl (C=O) groups excluding carboxylic acids is 1. The van der Waals surface area contributed by atoms with E-state index in [0.717, 1.165) is 5.06 Å². The molecule has 1 rings (SSSR count). The highest BCUT2D eigenvalue weighted by Gasteiger charge is 2.31. The van der Waals surface area contributed by atoms with Crippen LogP contribution in [0.3, 0.4) is 0 Å². The Kier molecular flexibility index (Phi) is 2.85. The molecular formula is C5H7Br2NO2. The second kappa shape index (κ2) is 3.30. The average molecular weight is 273 g/mol. The zero-order valence-electron chi connectivity index (χ0n) is 5.13. The van der Waals surface area contributed by atoms with Gasteiger partial charge in [-0.3, -0.25) is 4.79 Å². The number of carbonyl (C=O) groups is 1. The Bertz CT molecular complexity index is 139. The minimum Gasteiger partial charge on any atom is -0.314 e. The summed E-state index contributed by atoms with van der Waals surface area (Å²) in [6.07, 6.45) is 0. The monoisotopic (exact) mass is 271 g/mol. The zero-order valence-corrected chi connectivity index (χ0v) is 8.30. The number of piperidine rings is 1. The van der Waals surface area contributed by atoms with Crippen molar-refractivity contribution in [1.29, 1.82) is 0 Å². The molecule has 3 nitrogen and oxygen atoms in total. The van der Waals surface area contributed by atoms with Crippen molar-refractivity contribution >= 4 is 37.6 Å². The molecule has 0 aromatic rings. The summed E-state index contributed by atoms with van der Waals surface area (Å²) in [5.74, 6) is 0.102. The Morgan fingerprint density at radius 2 is 1.80 bits per heavy atom. The van der Waals surface area contributed by atoms with E-state index in [1.54, 1.807) is 0 Å². The molecule has 1 N–H and O–H groups in total. The van der Waals surface area contributed by atoms with Crippen molar-refractivity contribution in [1.82, 2.24) is 5.06 Å². The summed E-state index contributed by atoms with van der Waals surface area (Å²) in [6.45, 7) is 0.752. The van der Waals surface area contributed by atoms with E-state index in [1.165, 1.54) is 0 Å². The lowest BCUT2D eigenvalue weighted by molar-refractivity contribution is -0.135. The quantitative estimate of drug-likeness (QED) is 0.663. The molecule has 1 saturated heterocycles. The molecule has 10 heavy (non-hydrogen) atoms. The highest BCUT2D eigenvalue weighted by molar-refractivity contribution is 9.10. The van der Waals surface area contributed by atoms with Crippen LogP contribution in [0.4, 0.5) is 0 Å². The second-order valence-electron chi connectivity index (χ2n) is 2.21. The van der Waals surface area contributed by atoms with Crippen LogP contribution in [0.15, 0.2) is 0 Å². The summed E-state index contributed by atoms with van der Waals surface area (Å²) in [6, 6.07) is 0. The normalized spacial score (nSPS) is 36.5. The van der Waals surface area contributed by atoms with Crippen molar-refractivity contribution < 1.29 is 10.0 Å². The molecule has 1 aliphatic heterocycles. The summed E-state index contributed by atoms with van der Waals surface area (Å²) in [5, 5.41) is 10.1. The van der Waals surface area contributed by atoms with E-state index in [0.29, 0.717) is 13.1 Å². The largest absolute Gasteiger partial charge is 0.314 e. The minimum atomic E-state index is -0.240. The van der Waals surface area contributed by atoms with Gasteiger partial charge in [-0.25, -0.2) is 0 Å². The van der Waals surface area contributed by atoms with Gasteiger partial charge in [-0.05, 0) is 0 Å². The molecule has 0 radical (unpaired) electrons. The molecular weight excluding hydrogens is 266 g/mol. The number of hydroxylamine groups is 2. The van der Waals surface area contributed by atoms with Crippen molar-refractivity contribution in [2.75, 3.05) is 13.1 Å². The molecule has 0 aromatic carbocycles. The number of hydrogen-bond donors (Lipinski definition) is 1. The van der Waals surface area contributed by atoms with Gasteiger partial charge in [-0.15, -0.1) is 0 Å². The van der Waals surface area contributed by atoms with Gasteiger partial charge >= 0.3 is 0 Å². The van der Waals surface area contributed by atoms with Gasteiger partial charge in [-0.1, -0.05) is 31.9 Å². The van der Waals surface area contributed by atoms with E-state index in [2.05, 4.69) is 31.9 Å². The molecule has 2 unspecified atom stereocenters. The van der Waals surface area contributed by atoms with Crippen LogP contribution >= 0.6 is 31.9 Å². The average Bonchev–Trinajstić information content (AvgIpc) is 1.82. The molecule has 0 saturated carbocycles. The first-order chi connectivity index (χ1) is 4.61. The molecule has 1 aliphatic rings. The maximum atomic E-state index is 11.0. The fourth-order valence-electron chi connectivity index (χ4n) is 0.821. The number of rotatable bonds is 0. The van der Waals surface area contributed by atoms with Gasteiger partial charge in [0.2, 0.25) is 0 Å². The predicted molar refractivity (Wildman–Crippen MR) is 43.8 cm³/mol. The molecule has 0 amide bonds. The third kappa shape index (κ3) is 1.78. The molecule has 0 aromatic heterocycles. The van der Waals surface area contributed by atoms with E-state index < -0.39 is 0 Å². The summed E-state index contributed by atoms with van der Waals surface area (Å²) in [5.41, 5.74) is 0. The predicted octanol–water partition coefficient (Wildman–Crippen LogP) is 0.787. The zero-order chi connectivity index (χ0) is 7.72. The Labute approximate surface area is 75.6 Å². The van der Waals surface area contributed by atoms with Crippen LogP contribution in [0, 0.1) is 0 Å². The van der Waals surface area contributed by atoms with Crippen molar-refractivity contribution in [3.8, 4) is 0 Å². The molecule has 0 aliphatic carbocycles. The fourth-order valence-corrected chi connectivity index (χ4v) is 2.48. The van der Waals surface area contributed by atoms with E-state index >= 15 is 0 Å². The maximum absolute atomic E-state index is 11.0. The van der Waals surface area contributed by atoms with Crippen molar-refractivity contribution in [2.24, 2.45) is 0 Å². The number of ketones is 1. The third-order valence-corrected chi connectivity index (χ3v) is 2.84. The number of halogens is 2. The third-order valence-electron chi connectivity index (χ3n) is 1.36. The Morgan fingerprint density at radius 3 is 2.20 bits per heavy atom. The van der Waals surface area contributed by atoms with Gasteiger partial charge in [0.1, 0.15) is 0 Å². The molecule has 1 heterocycles. The van der Waals surface area contributed by atoms with Crippen LogP contribution in [-0.4, -0.2) is 38.8 Å². The van der Waals surface area contributed by atoms with Gasteiger partial charge in [0.15, 0.2) is 5.78 Å². The van der Waals surface area contributed by atoms with Gasteiger partial charge in [-0.2, -0.15) is 5.06 Å². The standard InChI is InChI=1S/C5H7Br2NO2/c6-3-1-8(10)2-4(7)5(3)9/h3-4,10H,1-2H2. The highest BCUT2D eigenvalue weighted by Crippen LogP contribution is 2.17. The van der Waals surface area contributed by atoms with Crippen LogP contribution in [0.2, 0.25) is 0 Å². The lowest BCUT2D eigenvalue weighted by Gasteiger charge is -2.26. The molecule has 0 bridgehead atoms. The molecule has 2 atom stereocenters. The number of hydrogen-bond acceptors (Lipinski definition) is 3. The first-order valence-corrected chi connectivity index (χ1v) is 4.70. The van der Waals surface area contributed by atoms with E-state index in [9.17, 15) is 4.79 Å². The molecule has 1 fully saturated rings. The summed E-state index contributed by atoms with van der Waals surface area (Å²) >= 11 is 6.31.